The predicted molar refractivity (Wildman–Crippen MR) is 99.1 cm³/mol. The van der Waals surface area contributed by atoms with E-state index < -0.39 is 0 Å². The molecule has 1 aromatic carbocycles. The Morgan fingerprint density at radius 1 is 1.17 bits per heavy atom. The third-order valence-electron chi connectivity index (χ3n) is 6.66. The molecule has 0 aliphatic heterocycles. The first-order valence-corrected chi connectivity index (χ1v) is 10.1. The normalized spacial score (nSPS) is 30.0. The van der Waals surface area contributed by atoms with Crippen molar-refractivity contribution in [2.75, 3.05) is 0 Å². The van der Waals surface area contributed by atoms with Gasteiger partial charge in [0.1, 0.15) is 5.75 Å². The van der Waals surface area contributed by atoms with Crippen molar-refractivity contribution in [1.82, 2.24) is 0 Å². The molecule has 0 aromatic heterocycles. The van der Waals surface area contributed by atoms with E-state index in [1.54, 1.807) is 6.07 Å². The van der Waals surface area contributed by atoms with E-state index in [2.05, 4.69) is 19.9 Å². The van der Waals surface area contributed by atoms with Crippen LogP contribution in [-0.4, -0.2) is 16.3 Å². The molecular weight excluding hydrogens is 296 g/mol. The van der Waals surface area contributed by atoms with E-state index in [9.17, 15) is 10.2 Å². The average Bonchev–Trinajstić information content (AvgIpc) is 2.86. The van der Waals surface area contributed by atoms with Crippen molar-refractivity contribution in [2.45, 2.75) is 77.7 Å². The van der Waals surface area contributed by atoms with Gasteiger partial charge in [-0.05, 0) is 66.5 Å². The van der Waals surface area contributed by atoms with Gasteiger partial charge >= 0.3 is 0 Å². The van der Waals surface area contributed by atoms with Crippen LogP contribution in [0.15, 0.2) is 18.2 Å². The van der Waals surface area contributed by atoms with Crippen molar-refractivity contribution >= 4 is 0 Å². The van der Waals surface area contributed by atoms with Gasteiger partial charge in [-0.1, -0.05) is 58.1 Å². The Morgan fingerprint density at radius 2 is 2.00 bits per heavy atom. The monoisotopic (exact) mass is 330 g/mol. The Balaban J connectivity index is 1.59. The second-order valence-electron chi connectivity index (χ2n) is 8.39. The molecule has 2 aliphatic carbocycles. The minimum atomic E-state index is -0.140. The van der Waals surface area contributed by atoms with Gasteiger partial charge in [0.15, 0.2) is 0 Å². The highest BCUT2D eigenvalue weighted by atomic mass is 16.3. The van der Waals surface area contributed by atoms with Crippen molar-refractivity contribution in [3.05, 3.63) is 29.3 Å². The summed E-state index contributed by atoms with van der Waals surface area (Å²) in [5.74, 6) is 2.86. The molecule has 2 nitrogen and oxygen atoms in total. The van der Waals surface area contributed by atoms with E-state index >= 15 is 0 Å². The summed E-state index contributed by atoms with van der Waals surface area (Å²) >= 11 is 0. The quantitative estimate of drug-likeness (QED) is 0.683. The maximum atomic E-state index is 10.6. The highest BCUT2D eigenvalue weighted by molar-refractivity contribution is 5.42. The molecule has 1 fully saturated rings. The van der Waals surface area contributed by atoms with E-state index in [0.717, 1.165) is 30.7 Å². The summed E-state index contributed by atoms with van der Waals surface area (Å²) in [5.41, 5.74) is 2.45. The Labute approximate surface area is 147 Å². The van der Waals surface area contributed by atoms with E-state index in [4.69, 9.17) is 0 Å². The zero-order valence-corrected chi connectivity index (χ0v) is 15.4. The molecule has 2 aliphatic rings. The molecule has 1 aromatic rings. The fraction of sp³-hybridized carbons (Fsp3) is 0.727. The Kier molecular flexibility index (Phi) is 5.86. The summed E-state index contributed by atoms with van der Waals surface area (Å²) in [4.78, 5) is 0. The van der Waals surface area contributed by atoms with Crippen LogP contribution in [0.3, 0.4) is 0 Å². The molecule has 0 spiro atoms. The van der Waals surface area contributed by atoms with Crippen LogP contribution in [0.2, 0.25) is 0 Å². The number of rotatable bonds is 7. The molecule has 1 saturated carbocycles. The predicted octanol–water partition coefficient (Wildman–Crippen LogP) is 5.10. The van der Waals surface area contributed by atoms with Gasteiger partial charge in [0.25, 0.3) is 0 Å². The number of fused-ring (bicyclic) bond motifs is 2. The number of benzene rings is 1. The number of hydrogen-bond donors (Lipinski definition) is 2. The van der Waals surface area contributed by atoms with Crippen LogP contribution in [0, 0.1) is 23.7 Å². The van der Waals surface area contributed by atoms with Gasteiger partial charge in [-0.25, -0.2) is 0 Å². The van der Waals surface area contributed by atoms with Crippen LogP contribution in [0.25, 0.3) is 0 Å². The molecule has 0 bridgehead atoms. The third kappa shape index (κ3) is 3.79. The zero-order chi connectivity index (χ0) is 17.1. The van der Waals surface area contributed by atoms with Gasteiger partial charge in [-0.3, -0.25) is 0 Å². The summed E-state index contributed by atoms with van der Waals surface area (Å²) in [6, 6.07) is 5.94. The molecule has 134 valence electrons. The lowest BCUT2D eigenvalue weighted by atomic mass is 9.73. The summed E-state index contributed by atoms with van der Waals surface area (Å²) in [6.45, 7) is 4.64. The lowest BCUT2D eigenvalue weighted by Crippen LogP contribution is -2.27. The van der Waals surface area contributed by atoms with Crippen molar-refractivity contribution < 1.29 is 10.2 Å². The van der Waals surface area contributed by atoms with E-state index in [0.29, 0.717) is 23.5 Å². The second-order valence-corrected chi connectivity index (χ2v) is 8.39. The fourth-order valence-corrected chi connectivity index (χ4v) is 5.18. The molecule has 24 heavy (non-hydrogen) atoms. The minimum absolute atomic E-state index is 0.140. The number of unbranched alkanes of at least 4 members (excludes halogenated alkanes) is 2. The minimum Gasteiger partial charge on any atom is -0.508 e. The van der Waals surface area contributed by atoms with Gasteiger partial charge in [0, 0.05) is 0 Å². The largest absolute Gasteiger partial charge is 0.508 e. The van der Waals surface area contributed by atoms with Crippen molar-refractivity contribution in [3.8, 4) is 5.75 Å². The van der Waals surface area contributed by atoms with Gasteiger partial charge in [0.2, 0.25) is 0 Å². The van der Waals surface area contributed by atoms with Crippen LogP contribution in [0.5, 0.6) is 5.75 Å². The number of phenolic OH excluding ortho intramolecular Hbond substituents is 1. The van der Waals surface area contributed by atoms with Gasteiger partial charge in [-0.15, -0.1) is 0 Å². The van der Waals surface area contributed by atoms with Crippen LogP contribution < -0.4 is 0 Å². The highest BCUT2D eigenvalue weighted by Crippen LogP contribution is 2.48. The molecule has 0 amide bonds. The smallest absolute Gasteiger partial charge is 0.119 e. The zero-order valence-electron chi connectivity index (χ0n) is 15.4. The molecule has 2 N–H and O–H groups in total. The van der Waals surface area contributed by atoms with Crippen LogP contribution in [0.1, 0.15) is 69.9 Å². The highest BCUT2D eigenvalue weighted by Gasteiger charge is 2.44. The second kappa shape index (κ2) is 7.91. The summed E-state index contributed by atoms with van der Waals surface area (Å²) in [7, 11) is 0. The SMILES string of the molecule is CCCCCC(C)CCC1C2Cc3cccc(O)c3CC2C[C@H]1O. The Morgan fingerprint density at radius 3 is 2.79 bits per heavy atom. The fourth-order valence-electron chi connectivity index (χ4n) is 5.18. The lowest BCUT2D eigenvalue weighted by Gasteiger charge is -2.32. The Bertz CT molecular complexity index is 539. The first-order chi connectivity index (χ1) is 11.6. The molecular formula is C22H34O2. The molecule has 0 radical (unpaired) electrons. The Hall–Kier alpha value is -1.02. The number of aliphatic hydroxyl groups excluding tert-OH is 1. The standard InChI is InChI=1S/C22H34O2/c1-3-4-5-7-15(2)10-11-18-19-12-16-8-6-9-21(23)20(16)13-17(19)14-22(18)24/h6,8-9,15,17-19,22-24H,3-5,7,10-14H2,1-2H3/t15?,17?,18?,19?,22-/m1/s1. The molecule has 0 heterocycles. The summed E-state index contributed by atoms with van der Waals surface area (Å²) in [6.07, 6.45) is 10.5. The molecule has 3 rings (SSSR count). The first kappa shape index (κ1) is 17.8. The topological polar surface area (TPSA) is 40.5 Å². The van der Waals surface area contributed by atoms with Crippen LogP contribution in [0.4, 0.5) is 0 Å². The number of aromatic hydroxyl groups is 1. The molecule has 2 heteroatoms. The molecule has 0 saturated heterocycles. The number of hydrogen-bond acceptors (Lipinski definition) is 2. The van der Waals surface area contributed by atoms with Crippen LogP contribution in [-0.2, 0) is 12.8 Å². The molecule has 5 atom stereocenters. The van der Waals surface area contributed by atoms with Crippen molar-refractivity contribution in [1.29, 1.82) is 0 Å². The number of aliphatic hydroxyl groups is 1. The average molecular weight is 331 g/mol. The van der Waals surface area contributed by atoms with E-state index in [-0.39, 0.29) is 6.10 Å². The van der Waals surface area contributed by atoms with Gasteiger partial charge in [0.05, 0.1) is 6.10 Å². The maximum absolute atomic E-state index is 10.6. The van der Waals surface area contributed by atoms with Gasteiger partial charge in [-0.2, -0.15) is 0 Å². The third-order valence-corrected chi connectivity index (χ3v) is 6.66. The van der Waals surface area contributed by atoms with Crippen molar-refractivity contribution in [2.24, 2.45) is 23.7 Å². The molecule has 4 unspecified atom stereocenters. The number of phenols is 1. The van der Waals surface area contributed by atoms with Crippen molar-refractivity contribution in [3.63, 3.8) is 0 Å². The summed E-state index contributed by atoms with van der Waals surface area (Å²) < 4.78 is 0. The van der Waals surface area contributed by atoms with Crippen LogP contribution >= 0.6 is 0 Å². The van der Waals surface area contributed by atoms with E-state index in [1.807, 2.05) is 6.07 Å². The lowest BCUT2D eigenvalue weighted by molar-refractivity contribution is 0.106. The summed E-state index contributed by atoms with van der Waals surface area (Å²) in [5, 5.41) is 20.8. The maximum Gasteiger partial charge on any atom is 0.119 e. The van der Waals surface area contributed by atoms with Gasteiger partial charge < -0.3 is 10.2 Å². The first-order valence-electron chi connectivity index (χ1n) is 10.1. The van der Waals surface area contributed by atoms with E-state index in [1.165, 1.54) is 44.1 Å².